The number of hydrogen-bond donors (Lipinski definition) is 0. The second-order valence-electron chi connectivity index (χ2n) is 5.25. The minimum absolute atomic E-state index is 0.118. The van der Waals surface area contributed by atoms with Crippen molar-refractivity contribution in [3.63, 3.8) is 0 Å². The van der Waals surface area contributed by atoms with Gasteiger partial charge in [-0.1, -0.05) is 43.7 Å². The van der Waals surface area contributed by atoms with Crippen molar-refractivity contribution >= 4 is 5.91 Å². The average molecular weight is 261 g/mol. The van der Waals surface area contributed by atoms with Crippen molar-refractivity contribution < 1.29 is 9.53 Å². The average Bonchev–Trinajstić information content (AvgIpc) is 2.47. The first-order chi connectivity index (χ1) is 9.26. The van der Waals surface area contributed by atoms with Crippen LogP contribution in [-0.2, 0) is 9.53 Å². The maximum absolute atomic E-state index is 11.9. The van der Waals surface area contributed by atoms with Gasteiger partial charge >= 0.3 is 0 Å². The summed E-state index contributed by atoms with van der Waals surface area (Å²) < 4.78 is 4.95. The first kappa shape index (κ1) is 14.1. The molecule has 1 heterocycles. The number of rotatable bonds is 4. The van der Waals surface area contributed by atoms with Crippen LogP contribution >= 0.6 is 0 Å². The Morgan fingerprint density at radius 1 is 1.37 bits per heavy atom. The van der Waals surface area contributed by atoms with Gasteiger partial charge in [0.25, 0.3) is 0 Å². The van der Waals surface area contributed by atoms with Crippen LogP contribution in [0.2, 0.25) is 0 Å². The molecule has 3 nitrogen and oxygen atoms in total. The van der Waals surface area contributed by atoms with E-state index in [4.69, 9.17) is 4.74 Å². The molecule has 0 radical (unpaired) electrons. The summed E-state index contributed by atoms with van der Waals surface area (Å²) in [6.45, 7) is 4.12. The number of ether oxygens (including phenoxy) is 1. The van der Waals surface area contributed by atoms with Crippen LogP contribution in [0.25, 0.3) is 0 Å². The lowest BCUT2D eigenvalue weighted by atomic mass is 9.79. The van der Waals surface area contributed by atoms with E-state index in [9.17, 15) is 4.79 Å². The summed E-state index contributed by atoms with van der Waals surface area (Å²) in [5, 5.41) is 0. The topological polar surface area (TPSA) is 29.5 Å². The number of methoxy groups -OCH3 is 1. The Kier molecular flexibility index (Phi) is 4.97. The van der Waals surface area contributed by atoms with Crippen LogP contribution in [0.1, 0.15) is 31.2 Å². The van der Waals surface area contributed by atoms with Crippen LogP contribution < -0.4 is 0 Å². The molecule has 104 valence electrons. The fourth-order valence-electron chi connectivity index (χ4n) is 3.03. The zero-order valence-corrected chi connectivity index (χ0v) is 11.8. The van der Waals surface area contributed by atoms with Crippen molar-refractivity contribution in [1.29, 1.82) is 0 Å². The molecule has 0 N–H and O–H groups in total. The minimum Gasteiger partial charge on any atom is -0.375 e. The Hall–Kier alpha value is -1.35. The molecular weight excluding hydrogens is 238 g/mol. The third-order valence-electron chi connectivity index (χ3n) is 4.11. The Morgan fingerprint density at radius 3 is 2.74 bits per heavy atom. The summed E-state index contributed by atoms with van der Waals surface area (Å²) in [5.74, 6) is 1.25. The van der Waals surface area contributed by atoms with E-state index in [2.05, 4.69) is 37.3 Å². The van der Waals surface area contributed by atoms with Crippen molar-refractivity contribution in [3.8, 4) is 0 Å². The summed E-state index contributed by atoms with van der Waals surface area (Å²) >= 11 is 0. The molecule has 2 atom stereocenters. The molecule has 0 saturated carbocycles. The molecule has 1 fully saturated rings. The molecule has 1 amide bonds. The summed E-state index contributed by atoms with van der Waals surface area (Å²) in [6.07, 6.45) is 2.16. The van der Waals surface area contributed by atoms with Crippen molar-refractivity contribution in [2.24, 2.45) is 5.92 Å². The van der Waals surface area contributed by atoms with Gasteiger partial charge in [-0.2, -0.15) is 0 Å². The molecule has 1 saturated heterocycles. The van der Waals surface area contributed by atoms with Gasteiger partial charge in [-0.25, -0.2) is 0 Å². The second-order valence-corrected chi connectivity index (χ2v) is 5.25. The van der Waals surface area contributed by atoms with Crippen LogP contribution in [0, 0.1) is 5.92 Å². The van der Waals surface area contributed by atoms with Crippen molar-refractivity contribution in [1.82, 2.24) is 4.90 Å². The molecular formula is C16H23NO2. The summed E-state index contributed by atoms with van der Waals surface area (Å²) in [5.41, 5.74) is 1.41. The van der Waals surface area contributed by atoms with E-state index >= 15 is 0 Å². The standard InChI is InChI=1S/C16H23NO2/c1-3-13-11-17(16(18)12-19-2)10-9-15(13)14-7-5-4-6-8-14/h4-8,13,15H,3,9-12H2,1-2H3. The van der Waals surface area contributed by atoms with Gasteiger partial charge in [0.2, 0.25) is 5.91 Å². The van der Waals surface area contributed by atoms with E-state index in [1.54, 1.807) is 7.11 Å². The fraction of sp³-hybridized carbons (Fsp3) is 0.562. The van der Waals surface area contributed by atoms with Crippen molar-refractivity contribution in [2.45, 2.75) is 25.7 Å². The third-order valence-corrected chi connectivity index (χ3v) is 4.11. The first-order valence-electron chi connectivity index (χ1n) is 7.08. The second kappa shape index (κ2) is 6.71. The van der Waals surface area contributed by atoms with Gasteiger partial charge in [-0.3, -0.25) is 4.79 Å². The highest BCUT2D eigenvalue weighted by atomic mass is 16.5. The highest BCUT2D eigenvalue weighted by molar-refractivity contribution is 5.77. The van der Waals surface area contributed by atoms with Gasteiger partial charge in [0.1, 0.15) is 6.61 Å². The van der Waals surface area contributed by atoms with Crippen LogP contribution in [0.15, 0.2) is 30.3 Å². The lowest BCUT2D eigenvalue weighted by Gasteiger charge is -2.38. The Balaban J connectivity index is 2.05. The molecule has 0 aliphatic carbocycles. The Bertz CT molecular complexity index is 404. The van der Waals surface area contributed by atoms with Gasteiger partial charge in [0.15, 0.2) is 0 Å². The van der Waals surface area contributed by atoms with E-state index in [1.165, 1.54) is 5.56 Å². The molecule has 3 heteroatoms. The monoisotopic (exact) mass is 261 g/mol. The molecule has 1 aromatic carbocycles. The summed E-state index contributed by atoms with van der Waals surface area (Å²) in [4.78, 5) is 13.9. The number of hydrogen-bond acceptors (Lipinski definition) is 2. The van der Waals surface area contributed by atoms with Crippen LogP contribution in [0.5, 0.6) is 0 Å². The number of carbonyl (C=O) groups is 1. The lowest BCUT2D eigenvalue weighted by Crippen LogP contribution is -2.44. The van der Waals surface area contributed by atoms with Crippen LogP contribution in [-0.4, -0.2) is 37.6 Å². The van der Waals surface area contributed by atoms with Crippen LogP contribution in [0.3, 0.4) is 0 Å². The Labute approximate surface area is 115 Å². The van der Waals surface area contributed by atoms with Gasteiger partial charge in [0.05, 0.1) is 0 Å². The van der Waals surface area contributed by atoms with E-state index in [-0.39, 0.29) is 12.5 Å². The zero-order chi connectivity index (χ0) is 13.7. The molecule has 2 rings (SSSR count). The van der Waals surface area contributed by atoms with Crippen LogP contribution in [0.4, 0.5) is 0 Å². The zero-order valence-electron chi connectivity index (χ0n) is 11.8. The maximum Gasteiger partial charge on any atom is 0.248 e. The smallest absolute Gasteiger partial charge is 0.248 e. The van der Waals surface area contributed by atoms with Gasteiger partial charge < -0.3 is 9.64 Å². The molecule has 0 aromatic heterocycles. The summed E-state index contributed by atoms with van der Waals surface area (Å²) in [7, 11) is 1.58. The van der Waals surface area contributed by atoms with Crippen molar-refractivity contribution in [2.75, 3.05) is 26.8 Å². The molecule has 2 unspecified atom stereocenters. The number of amides is 1. The molecule has 0 spiro atoms. The number of likely N-dealkylation sites (tertiary alicyclic amines) is 1. The number of carbonyl (C=O) groups excluding carboxylic acids is 1. The molecule has 1 aliphatic rings. The number of piperidine rings is 1. The van der Waals surface area contributed by atoms with E-state index in [0.29, 0.717) is 11.8 Å². The highest BCUT2D eigenvalue weighted by Gasteiger charge is 2.30. The number of benzene rings is 1. The molecule has 0 bridgehead atoms. The van der Waals surface area contributed by atoms with E-state index in [1.807, 2.05) is 4.90 Å². The predicted octanol–water partition coefficient (Wildman–Crippen LogP) is 2.68. The van der Waals surface area contributed by atoms with Gasteiger partial charge in [-0.05, 0) is 23.8 Å². The molecule has 1 aliphatic heterocycles. The first-order valence-corrected chi connectivity index (χ1v) is 7.08. The minimum atomic E-state index is 0.118. The lowest BCUT2D eigenvalue weighted by molar-refractivity contribution is -0.137. The third kappa shape index (κ3) is 3.35. The molecule has 19 heavy (non-hydrogen) atoms. The van der Waals surface area contributed by atoms with Gasteiger partial charge in [-0.15, -0.1) is 0 Å². The highest BCUT2D eigenvalue weighted by Crippen LogP contribution is 2.34. The van der Waals surface area contributed by atoms with E-state index in [0.717, 1.165) is 25.9 Å². The number of nitrogens with zero attached hydrogens (tertiary/aromatic N) is 1. The van der Waals surface area contributed by atoms with Crippen molar-refractivity contribution in [3.05, 3.63) is 35.9 Å². The quantitative estimate of drug-likeness (QED) is 0.834. The maximum atomic E-state index is 11.9. The fourth-order valence-corrected chi connectivity index (χ4v) is 3.03. The van der Waals surface area contributed by atoms with Gasteiger partial charge in [0, 0.05) is 20.2 Å². The SMILES string of the molecule is CCC1CN(C(=O)COC)CCC1c1ccccc1. The predicted molar refractivity (Wildman–Crippen MR) is 76.0 cm³/mol. The molecule has 1 aromatic rings. The largest absolute Gasteiger partial charge is 0.375 e. The summed E-state index contributed by atoms with van der Waals surface area (Å²) in [6, 6.07) is 10.7. The normalized spacial score (nSPS) is 23.4. The Morgan fingerprint density at radius 2 is 2.11 bits per heavy atom. The van der Waals surface area contributed by atoms with E-state index < -0.39 is 0 Å².